The molecule has 0 aliphatic rings. The summed E-state index contributed by atoms with van der Waals surface area (Å²) in [6, 6.07) is 5.75. The van der Waals surface area contributed by atoms with Crippen molar-refractivity contribution in [2.24, 2.45) is 0 Å². The van der Waals surface area contributed by atoms with Gasteiger partial charge in [-0.3, -0.25) is 9.59 Å². The summed E-state index contributed by atoms with van der Waals surface area (Å²) >= 11 is 0. The summed E-state index contributed by atoms with van der Waals surface area (Å²) < 4.78 is 5.32. The van der Waals surface area contributed by atoms with E-state index < -0.39 is 0 Å². The molecule has 20 heavy (non-hydrogen) atoms. The molecule has 1 aromatic carbocycles. The van der Waals surface area contributed by atoms with Crippen molar-refractivity contribution in [1.82, 2.24) is 5.32 Å². The zero-order valence-corrected chi connectivity index (χ0v) is 12.7. The Bertz CT molecular complexity index is 481. The average Bonchev–Trinajstić information content (AvgIpc) is 2.34. The molecule has 1 aromatic rings. The third-order valence-electron chi connectivity index (χ3n) is 3.01. The van der Waals surface area contributed by atoms with E-state index in [4.69, 9.17) is 4.74 Å². The Labute approximate surface area is 120 Å². The van der Waals surface area contributed by atoms with Gasteiger partial charge in [0.05, 0.1) is 0 Å². The maximum atomic E-state index is 11.7. The molecule has 4 heteroatoms. The normalized spacial score (nSPS) is 10.4. The van der Waals surface area contributed by atoms with Crippen molar-refractivity contribution in [3.8, 4) is 5.75 Å². The van der Waals surface area contributed by atoms with Crippen LogP contribution in [0.4, 0.5) is 0 Å². The third kappa shape index (κ3) is 5.43. The molecule has 0 spiro atoms. The Morgan fingerprint density at radius 1 is 1.20 bits per heavy atom. The van der Waals surface area contributed by atoms with E-state index in [1.54, 1.807) is 6.07 Å². The highest BCUT2D eigenvalue weighted by atomic mass is 16.5. The maximum absolute atomic E-state index is 11.7. The van der Waals surface area contributed by atoms with Gasteiger partial charge in [0, 0.05) is 18.9 Å². The fraction of sp³-hybridized carbons (Fsp3) is 0.500. The molecule has 0 heterocycles. The monoisotopic (exact) mass is 277 g/mol. The van der Waals surface area contributed by atoms with Crippen LogP contribution in [0.25, 0.3) is 0 Å². The van der Waals surface area contributed by atoms with Crippen molar-refractivity contribution in [3.63, 3.8) is 0 Å². The zero-order chi connectivity index (χ0) is 15.1. The van der Waals surface area contributed by atoms with E-state index >= 15 is 0 Å². The number of carbonyl (C=O) groups excluding carboxylic acids is 2. The molecule has 110 valence electrons. The van der Waals surface area contributed by atoms with Gasteiger partial charge in [-0.1, -0.05) is 12.1 Å². The quantitative estimate of drug-likeness (QED) is 0.642. The van der Waals surface area contributed by atoms with Gasteiger partial charge >= 0.3 is 5.97 Å². The highest BCUT2D eigenvalue weighted by Gasteiger charge is 2.10. The number of aryl methyl sites for hydroxylation is 1. The molecule has 0 fully saturated rings. The molecule has 0 aliphatic carbocycles. The Hall–Kier alpha value is -1.84. The van der Waals surface area contributed by atoms with E-state index in [9.17, 15) is 9.59 Å². The smallest absolute Gasteiger partial charge is 0.311 e. The first kappa shape index (κ1) is 16.2. The van der Waals surface area contributed by atoms with Crippen LogP contribution in [0.5, 0.6) is 5.75 Å². The number of nitrogens with one attached hydrogen (secondary N) is 1. The molecule has 0 saturated carbocycles. The molecule has 0 unspecified atom stereocenters. The number of ether oxygens (including phenoxy) is 1. The second-order valence-corrected chi connectivity index (χ2v) is 5.25. The SMILES string of the molecule is Cc1cccc(OC(=O)CCCC(=O)NC(C)C)c1C. The van der Waals surface area contributed by atoms with Gasteiger partial charge < -0.3 is 10.1 Å². The van der Waals surface area contributed by atoms with E-state index in [0.717, 1.165) is 11.1 Å². The van der Waals surface area contributed by atoms with E-state index in [-0.39, 0.29) is 24.3 Å². The van der Waals surface area contributed by atoms with Crippen molar-refractivity contribution >= 4 is 11.9 Å². The fourth-order valence-electron chi connectivity index (χ4n) is 1.80. The lowest BCUT2D eigenvalue weighted by atomic mass is 10.1. The van der Waals surface area contributed by atoms with E-state index in [1.165, 1.54) is 0 Å². The molecule has 1 rings (SSSR count). The highest BCUT2D eigenvalue weighted by molar-refractivity contribution is 5.77. The first-order chi connectivity index (χ1) is 9.40. The number of rotatable bonds is 6. The average molecular weight is 277 g/mol. The van der Waals surface area contributed by atoms with Crippen LogP contribution in [-0.2, 0) is 9.59 Å². The summed E-state index contributed by atoms with van der Waals surface area (Å²) in [5.41, 5.74) is 2.06. The summed E-state index contributed by atoms with van der Waals surface area (Å²) in [5, 5.41) is 2.79. The lowest BCUT2D eigenvalue weighted by Crippen LogP contribution is -2.29. The highest BCUT2D eigenvalue weighted by Crippen LogP contribution is 2.21. The Balaban J connectivity index is 2.37. The molecule has 0 bridgehead atoms. The minimum Gasteiger partial charge on any atom is -0.426 e. The van der Waals surface area contributed by atoms with Crippen LogP contribution in [-0.4, -0.2) is 17.9 Å². The standard InChI is InChI=1S/C16H23NO3/c1-11(2)17-15(18)9-6-10-16(19)20-14-8-5-7-12(3)13(14)4/h5,7-8,11H,6,9-10H2,1-4H3,(H,17,18). The van der Waals surface area contributed by atoms with Crippen molar-refractivity contribution in [2.75, 3.05) is 0 Å². The second kappa shape index (κ2) is 7.68. The number of hydrogen-bond acceptors (Lipinski definition) is 3. The summed E-state index contributed by atoms with van der Waals surface area (Å²) in [5.74, 6) is 0.275. The minimum absolute atomic E-state index is 0.0282. The molecular weight excluding hydrogens is 254 g/mol. The second-order valence-electron chi connectivity index (χ2n) is 5.25. The van der Waals surface area contributed by atoms with Crippen LogP contribution in [0.2, 0.25) is 0 Å². The molecular formula is C16H23NO3. The Kier molecular flexibility index (Phi) is 6.22. The van der Waals surface area contributed by atoms with Crippen LogP contribution in [0.3, 0.4) is 0 Å². The van der Waals surface area contributed by atoms with Gasteiger partial charge in [0.2, 0.25) is 5.91 Å². The fourth-order valence-corrected chi connectivity index (χ4v) is 1.80. The molecule has 0 aromatic heterocycles. The third-order valence-corrected chi connectivity index (χ3v) is 3.01. The zero-order valence-electron chi connectivity index (χ0n) is 12.7. The first-order valence-corrected chi connectivity index (χ1v) is 6.96. The van der Waals surface area contributed by atoms with E-state index in [0.29, 0.717) is 18.6 Å². The summed E-state index contributed by atoms with van der Waals surface area (Å²) in [6.07, 6.45) is 1.10. The van der Waals surface area contributed by atoms with Gasteiger partial charge in [-0.05, 0) is 51.3 Å². The van der Waals surface area contributed by atoms with Gasteiger partial charge in [-0.2, -0.15) is 0 Å². The molecule has 0 saturated heterocycles. The van der Waals surface area contributed by atoms with Crippen LogP contribution in [0.1, 0.15) is 44.2 Å². The van der Waals surface area contributed by atoms with Crippen LogP contribution in [0.15, 0.2) is 18.2 Å². The molecule has 0 atom stereocenters. The van der Waals surface area contributed by atoms with E-state index in [1.807, 2.05) is 39.8 Å². The predicted molar refractivity (Wildman–Crippen MR) is 78.7 cm³/mol. The summed E-state index contributed by atoms with van der Waals surface area (Å²) in [4.78, 5) is 23.2. The molecule has 1 N–H and O–H groups in total. The number of benzene rings is 1. The van der Waals surface area contributed by atoms with Crippen LogP contribution in [0, 0.1) is 13.8 Å². The van der Waals surface area contributed by atoms with Gasteiger partial charge in [-0.15, -0.1) is 0 Å². The molecule has 0 aliphatic heterocycles. The Morgan fingerprint density at radius 2 is 1.90 bits per heavy atom. The van der Waals surface area contributed by atoms with Crippen molar-refractivity contribution < 1.29 is 14.3 Å². The number of carbonyl (C=O) groups is 2. The number of hydrogen-bond donors (Lipinski definition) is 1. The predicted octanol–water partition coefficient (Wildman–Crippen LogP) is 2.90. The number of esters is 1. The first-order valence-electron chi connectivity index (χ1n) is 6.96. The van der Waals surface area contributed by atoms with E-state index in [2.05, 4.69) is 5.32 Å². The van der Waals surface area contributed by atoms with Crippen molar-refractivity contribution in [2.45, 2.75) is 53.0 Å². The Morgan fingerprint density at radius 3 is 2.55 bits per heavy atom. The van der Waals surface area contributed by atoms with Gasteiger partial charge in [0.15, 0.2) is 0 Å². The van der Waals surface area contributed by atoms with Crippen molar-refractivity contribution in [1.29, 1.82) is 0 Å². The van der Waals surface area contributed by atoms with Gasteiger partial charge in [0.25, 0.3) is 0 Å². The number of amides is 1. The largest absolute Gasteiger partial charge is 0.426 e. The lowest BCUT2D eigenvalue weighted by Gasteiger charge is -2.10. The van der Waals surface area contributed by atoms with Crippen LogP contribution >= 0.6 is 0 Å². The molecule has 4 nitrogen and oxygen atoms in total. The lowest BCUT2D eigenvalue weighted by molar-refractivity contribution is -0.134. The van der Waals surface area contributed by atoms with Gasteiger partial charge in [-0.25, -0.2) is 0 Å². The van der Waals surface area contributed by atoms with Crippen molar-refractivity contribution in [3.05, 3.63) is 29.3 Å². The molecule has 1 amide bonds. The minimum atomic E-state index is -0.295. The topological polar surface area (TPSA) is 55.4 Å². The maximum Gasteiger partial charge on any atom is 0.311 e. The van der Waals surface area contributed by atoms with Gasteiger partial charge in [0.1, 0.15) is 5.75 Å². The van der Waals surface area contributed by atoms with Crippen LogP contribution < -0.4 is 10.1 Å². The molecule has 0 radical (unpaired) electrons. The summed E-state index contributed by atoms with van der Waals surface area (Å²) in [7, 11) is 0. The summed E-state index contributed by atoms with van der Waals surface area (Å²) in [6.45, 7) is 7.72.